The van der Waals surface area contributed by atoms with Gasteiger partial charge in [0.05, 0.1) is 0 Å². The summed E-state index contributed by atoms with van der Waals surface area (Å²) < 4.78 is 6.68. The fourth-order valence-electron chi connectivity index (χ4n) is 2.48. The quantitative estimate of drug-likeness (QED) is 0.323. The molecule has 0 aromatic carbocycles. The van der Waals surface area contributed by atoms with Gasteiger partial charge < -0.3 is 0 Å². The molecule has 114 valence electrons. The number of carbonyl (C=O) groups excluding carboxylic acids is 1. The maximum absolute atomic E-state index is 11.0. The molecule has 0 N–H and O–H groups in total. The number of carbonyl (C=O) groups is 1. The van der Waals surface area contributed by atoms with E-state index in [1.165, 1.54) is 75.6 Å². The van der Waals surface area contributed by atoms with Crippen LogP contribution in [0.1, 0.15) is 78.1 Å². The van der Waals surface area contributed by atoms with Crippen LogP contribution in [0.25, 0.3) is 0 Å². The molecule has 0 aliphatic heterocycles. The molecule has 0 bridgehead atoms. The first-order valence-corrected chi connectivity index (χ1v) is 17.1. The van der Waals surface area contributed by atoms with Gasteiger partial charge in [-0.1, -0.05) is 0 Å². The van der Waals surface area contributed by atoms with E-state index < -0.39 is 18.8 Å². The second-order valence-electron chi connectivity index (χ2n) is 6.29. The van der Waals surface area contributed by atoms with Crippen molar-refractivity contribution in [1.29, 1.82) is 0 Å². The van der Waals surface area contributed by atoms with Gasteiger partial charge in [0.15, 0.2) is 0 Å². The number of unbranched alkanes of at least 4 members (excludes halogenated alkanes) is 9. The van der Waals surface area contributed by atoms with E-state index in [1.807, 2.05) is 0 Å². The Morgan fingerprint density at radius 2 is 1.26 bits per heavy atom. The monoisotopic (exact) mass is 378 g/mol. The normalized spacial score (nSPS) is 11.6. The Bertz CT molecular complexity index is 227. The Kier molecular flexibility index (Phi) is 12.2. The standard InChI is InChI=1S/C12H25.C2H4O2.2CH3.Sn/c1-3-5-7-9-11-12-10-8-6-4-2;1-2(3)4;;;/h1,3-12H2,2H3;1H3,(H,3,4);2*1H3;/q;;;;+1/p-1. The third-order valence-corrected chi connectivity index (χ3v) is 10.4. The zero-order valence-corrected chi connectivity index (χ0v) is 16.4. The molecule has 0 amide bonds. The first-order valence-electron chi connectivity index (χ1n) is 8.17. The molecule has 0 radical (unpaired) electrons. The number of rotatable bonds is 12. The van der Waals surface area contributed by atoms with Gasteiger partial charge in [0, 0.05) is 0 Å². The molecule has 0 fully saturated rings. The molecule has 0 aliphatic carbocycles. The molecular formula is C16H34O2Sn. The second-order valence-corrected chi connectivity index (χ2v) is 18.3. The summed E-state index contributed by atoms with van der Waals surface area (Å²) in [5.41, 5.74) is 0. The Balaban J connectivity index is 3.28. The van der Waals surface area contributed by atoms with E-state index in [0.29, 0.717) is 0 Å². The van der Waals surface area contributed by atoms with E-state index >= 15 is 0 Å². The van der Waals surface area contributed by atoms with Crippen LogP contribution in [0.15, 0.2) is 0 Å². The van der Waals surface area contributed by atoms with Gasteiger partial charge in [0.1, 0.15) is 0 Å². The molecule has 0 aliphatic rings. The minimum atomic E-state index is -2.43. The van der Waals surface area contributed by atoms with E-state index in [2.05, 4.69) is 16.8 Å². The zero-order chi connectivity index (χ0) is 14.6. The van der Waals surface area contributed by atoms with E-state index in [1.54, 1.807) is 0 Å². The molecule has 0 heterocycles. The molecule has 2 nitrogen and oxygen atoms in total. The Morgan fingerprint density at radius 3 is 1.68 bits per heavy atom. The summed E-state index contributed by atoms with van der Waals surface area (Å²) in [5, 5.41) is 0. The van der Waals surface area contributed by atoms with Crippen molar-refractivity contribution in [3.8, 4) is 0 Å². The van der Waals surface area contributed by atoms with Crippen molar-refractivity contribution in [3.05, 3.63) is 0 Å². The molecule has 0 saturated heterocycles. The Labute approximate surface area is 125 Å². The van der Waals surface area contributed by atoms with Crippen molar-refractivity contribution in [2.45, 2.75) is 92.4 Å². The predicted octanol–water partition coefficient (Wildman–Crippen LogP) is 5.68. The summed E-state index contributed by atoms with van der Waals surface area (Å²) in [6.45, 7) is 3.81. The van der Waals surface area contributed by atoms with Crippen LogP contribution in [0.4, 0.5) is 0 Å². The number of hydrogen-bond acceptors (Lipinski definition) is 2. The summed E-state index contributed by atoms with van der Waals surface area (Å²) >= 11 is -2.43. The molecule has 3 heteroatoms. The van der Waals surface area contributed by atoms with Crippen LogP contribution in [-0.2, 0) is 7.87 Å². The second kappa shape index (κ2) is 12.0. The molecule has 0 aromatic rings. The van der Waals surface area contributed by atoms with Gasteiger partial charge in [-0.3, -0.25) is 0 Å². The summed E-state index contributed by atoms with van der Waals surface area (Å²) in [7, 11) is 0. The molecule has 0 unspecified atom stereocenters. The van der Waals surface area contributed by atoms with Gasteiger partial charge in [-0.2, -0.15) is 0 Å². The summed E-state index contributed by atoms with van der Waals surface area (Å²) in [6.07, 6.45) is 13.7. The van der Waals surface area contributed by atoms with Gasteiger partial charge in [-0.15, -0.1) is 0 Å². The van der Waals surface area contributed by atoms with Crippen LogP contribution in [0.3, 0.4) is 0 Å². The van der Waals surface area contributed by atoms with Crippen LogP contribution in [0.5, 0.6) is 0 Å². The van der Waals surface area contributed by atoms with E-state index in [0.717, 1.165) is 0 Å². The van der Waals surface area contributed by atoms with Gasteiger partial charge in [0.25, 0.3) is 0 Å². The predicted molar refractivity (Wildman–Crippen MR) is 85.9 cm³/mol. The van der Waals surface area contributed by atoms with Crippen molar-refractivity contribution >= 4 is 24.8 Å². The average molecular weight is 377 g/mol. The first-order chi connectivity index (χ1) is 8.98. The van der Waals surface area contributed by atoms with E-state index in [9.17, 15) is 4.79 Å². The Hall–Kier alpha value is 0.269. The van der Waals surface area contributed by atoms with Crippen LogP contribution >= 0.6 is 0 Å². The fraction of sp³-hybridized carbons (Fsp3) is 0.938. The summed E-state index contributed by atoms with van der Waals surface area (Å²) in [4.78, 5) is 15.4. The van der Waals surface area contributed by atoms with Crippen molar-refractivity contribution in [2.24, 2.45) is 0 Å². The maximum atomic E-state index is 11.0. The van der Waals surface area contributed by atoms with E-state index in [-0.39, 0.29) is 5.97 Å². The molecular weight excluding hydrogens is 343 g/mol. The van der Waals surface area contributed by atoms with Crippen LogP contribution < -0.4 is 0 Å². The first kappa shape index (κ1) is 19.3. The summed E-state index contributed by atoms with van der Waals surface area (Å²) in [5.74, 6) is -0.0760. The zero-order valence-electron chi connectivity index (χ0n) is 13.6. The Morgan fingerprint density at radius 1 is 0.842 bits per heavy atom. The third-order valence-electron chi connectivity index (χ3n) is 3.55. The van der Waals surface area contributed by atoms with Crippen LogP contribution in [0.2, 0.25) is 14.3 Å². The van der Waals surface area contributed by atoms with Crippen molar-refractivity contribution in [3.63, 3.8) is 0 Å². The van der Waals surface area contributed by atoms with Crippen LogP contribution in [-0.4, -0.2) is 24.8 Å². The van der Waals surface area contributed by atoms with Crippen LogP contribution in [0, 0.1) is 0 Å². The minimum absolute atomic E-state index is 0.0760. The van der Waals surface area contributed by atoms with Crippen molar-refractivity contribution in [2.75, 3.05) is 0 Å². The average Bonchev–Trinajstić information content (AvgIpc) is 2.30. The number of hydrogen-bond donors (Lipinski definition) is 0. The molecule has 19 heavy (non-hydrogen) atoms. The van der Waals surface area contributed by atoms with Gasteiger partial charge in [-0.25, -0.2) is 0 Å². The topological polar surface area (TPSA) is 26.3 Å². The SMILES string of the molecule is CCCCCCCCCCC[CH2][Sn]([CH3])([CH3])[O]C(C)=O. The molecule has 0 aromatic heterocycles. The molecule has 0 spiro atoms. The van der Waals surface area contributed by atoms with Gasteiger partial charge in [-0.05, 0) is 0 Å². The third kappa shape index (κ3) is 14.5. The van der Waals surface area contributed by atoms with Crippen molar-refractivity contribution in [1.82, 2.24) is 0 Å². The van der Waals surface area contributed by atoms with E-state index in [4.69, 9.17) is 3.07 Å². The fourth-order valence-corrected chi connectivity index (χ4v) is 8.13. The van der Waals surface area contributed by atoms with Gasteiger partial charge >= 0.3 is 125 Å². The molecule has 0 atom stereocenters. The van der Waals surface area contributed by atoms with Crippen molar-refractivity contribution < 1.29 is 7.87 Å². The summed E-state index contributed by atoms with van der Waals surface area (Å²) in [6, 6.07) is 0. The molecule has 0 rings (SSSR count). The molecule has 0 saturated carbocycles. The van der Waals surface area contributed by atoms with Gasteiger partial charge in [0.2, 0.25) is 0 Å².